The molecule has 1 amide bonds. The Balaban J connectivity index is 1.97. The standard InChI is InChI=1S/C12H11FN4O3/c13-10-7-8(17(19)20)1-2-9(10)12(18)16-4-3-11-14-5-6-15-11/h1-2,5-7H,3-4H2,(H,14,15)(H,16,18). The van der Waals surface area contributed by atoms with Crippen molar-refractivity contribution in [3.63, 3.8) is 0 Å². The Morgan fingerprint density at radius 2 is 2.30 bits per heavy atom. The van der Waals surface area contributed by atoms with E-state index < -0.39 is 22.3 Å². The molecule has 20 heavy (non-hydrogen) atoms. The monoisotopic (exact) mass is 278 g/mol. The Hall–Kier alpha value is -2.77. The number of nitrogens with one attached hydrogen (secondary N) is 2. The predicted molar refractivity (Wildman–Crippen MR) is 67.7 cm³/mol. The van der Waals surface area contributed by atoms with Crippen molar-refractivity contribution >= 4 is 11.6 Å². The number of hydrogen-bond acceptors (Lipinski definition) is 4. The van der Waals surface area contributed by atoms with Gasteiger partial charge in [0.25, 0.3) is 11.6 Å². The predicted octanol–water partition coefficient (Wildman–Crippen LogP) is 1.43. The second-order valence-corrected chi connectivity index (χ2v) is 3.96. The number of nitro benzene ring substituents is 1. The van der Waals surface area contributed by atoms with E-state index in [-0.39, 0.29) is 12.1 Å². The van der Waals surface area contributed by atoms with Crippen LogP contribution in [0.4, 0.5) is 10.1 Å². The lowest BCUT2D eigenvalue weighted by molar-refractivity contribution is -0.385. The van der Waals surface area contributed by atoms with E-state index in [0.29, 0.717) is 12.2 Å². The van der Waals surface area contributed by atoms with Gasteiger partial charge in [0.15, 0.2) is 0 Å². The molecule has 0 aliphatic carbocycles. The highest BCUT2D eigenvalue weighted by molar-refractivity contribution is 5.94. The Kier molecular flexibility index (Phi) is 4.04. The average Bonchev–Trinajstić information content (AvgIpc) is 2.91. The number of non-ortho nitro benzene ring substituents is 1. The first kappa shape index (κ1) is 13.7. The van der Waals surface area contributed by atoms with Crippen LogP contribution in [0.5, 0.6) is 0 Å². The zero-order chi connectivity index (χ0) is 14.5. The highest BCUT2D eigenvalue weighted by Crippen LogP contribution is 2.16. The lowest BCUT2D eigenvalue weighted by atomic mass is 10.2. The van der Waals surface area contributed by atoms with Gasteiger partial charge in [0.1, 0.15) is 11.6 Å². The van der Waals surface area contributed by atoms with Gasteiger partial charge in [0, 0.05) is 31.4 Å². The number of nitro groups is 1. The van der Waals surface area contributed by atoms with E-state index in [2.05, 4.69) is 15.3 Å². The molecular formula is C12H11FN4O3. The number of amides is 1. The fourth-order valence-corrected chi connectivity index (χ4v) is 1.63. The molecule has 0 radical (unpaired) electrons. The van der Waals surface area contributed by atoms with Gasteiger partial charge in [-0.15, -0.1) is 0 Å². The normalized spacial score (nSPS) is 10.2. The van der Waals surface area contributed by atoms with Gasteiger partial charge in [0.05, 0.1) is 16.6 Å². The number of carbonyl (C=O) groups excluding carboxylic acids is 1. The number of rotatable bonds is 5. The van der Waals surface area contributed by atoms with E-state index in [1.54, 1.807) is 12.4 Å². The lowest BCUT2D eigenvalue weighted by Crippen LogP contribution is -2.26. The fraction of sp³-hybridized carbons (Fsp3) is 0.167. The number of aromatic nitrogens is 2. The summed E-state index contributed by atoms with van der Waals surface area (Å²) in [6, 6.07) is 2.90. The summed E-state index contributed by atoms with van der Waals surface area (Å²) in [5.41, 5.74) is -0.621. The van der Waals surface area contributed by atoms with Crippen LogP contribution in [0, 0.1) is 15.9 Å². The van der Waals surface area contributed by atoms with Crippen LogP contribution in [-0.2, 0) is 6.42 Å². The second-order valence-electron chi connectivity index (χ2n) is 3.96. The minimum atomic E-state index is -0.922. The number of aromatic amines is 1. The summed E-state index contributed by atoms with van der Waals surface area (Å²) in [6.45, 7) is 0.281. The van der Waals surface area contributed by atoms with E-state index in [1.165, 1.54) is 0 Å². The van der Waals surface area contributed by atoms with Crippen molar-refractivity contribution < 1.29 is 14.1 Å². The molecule has 1 aromatic heterocycles. The maximum Gasteiger partial charge on any atom is 0.272 e. The summed E-state index contributed by atoms with van der Waals surface area (Å²) in [5.74, 6) is -0.840. The summed E-state index contributed by atoms with van der Waals surface area (Å²) in [6.07, 6.45) is 3.73. The average molecular weight is 278 g/mol. The number of carbonyl (C=O) groups is 1. The minimum Gasteiger partial charge on any atom is -0.351 e. The Labute approximate surface area is 113 Å². The lowest BCUT2D eigenvalue weighted by Gasteiger charge is -2.05. The minimum absolute atomic E-state index is 0.227. The van der Waals surface area contributed by atoms with Crippen molar-refractivity contribution in [2.24, 2.45) is 0 Å². The molecule has 0 aliphatic rings. The second kappa shape index (κ2) is 5.91. The van der Waals surface area contributed by atoms with E-state index in [9.17, 15) is 19.3 Å². The number of halogens is 1. The van der Waals surface area contributed by atoms with Gasteiger partial charge >= 0.3 is 0 Å². The van der Waals surface area contributed by atoms with Gasteiger partial charge in [-0.1, -0.05) is 0 Å². The molecule has 0 bridgehead atoms. The Morgan fingerprint density at radius 3 is 2.90 bits per heavy atom. The third-order valence-corrected chi connectivity index (χ3v) is 2.61. The van der Waals surface area contributed by atoms with Crippen molar-refractivity contribution in [3.8, 4) is 0 Å². The molecule has 1 aromatic carbocycles. The quantitative estimate of drug-likeness (QED) is 0.638. The SMILES string of the molecule is O=C(NCCc1ncc[nH]1)c1ccc([N+](=O)[O-])cc1F. The topological polar surface area (TPSA) is 101 Å². The van der Waals surface area contributed by atoms with Crippen LogP contribution >= 0.6 is 0 Å². The third kappa shape index (κ3) is 3.16. The first-order valence-corrected chi connectivity index (χ1v) is 5.78. The smallest absolute Gasteiger partial charge is 0.272 e. The molecule has 0 unspecified atom stereocenters. The molecule has 2 aromatic rings. The molecule has 2 N–H and O–H groups in total. The van der Waals surface area contributed by atoms with Gasteiger partial charge in [-0.25, -0.2) is 9.37 Å². The van der Waals surface area contributed by atoms with Gasteiger partial charge in [-0.3, -0.25) is 14.9 Å². The van der Waals surface area contributed by atoms with E-state index in [1.807, 2.05) is 0 Å². The highest BCUT2D eigenvalue weighted by atomic mass is 19.1. The van der Waals surface area contributed by atoms with Crippen LogP contribution < -0.4 is 5.32 Å². The summed E-state index contributed by atoms with van der Waals surface area (Å²) in [5, 5.41) is 13.0. The van der Waals surface area contributed by atoms with Crippen LogP contribution in [0.2, 0.25) is 0 Å². The zero-order valence-electron chi connectivity index (χ0n) is 10.3. The largest absolute Gasteiger partial charge is 0.351 e. The van der Waals surface area contributed by atoms with Crippen molar-refractivity contribution in [1.82, 2.24) is 15.3 Å². The first-order valence-electron chi connectivity index (χ1n) is 5.78. The first-order chi connectivity index (χ1) is 9.58. The van der Waals surface area contributed by atoms with Crippen molar-refractivity contribution in [2.75, 3.05) is 6.54 Å². The molecule has 104 valence electrons. The summed E-state index contributed by atoms with van der Waals surface area (Å²) < 4.78 is 13.6. The summed E-state index contributed by atoms with van der Waals surface area (Å²) >= 11 is 0. The number of hydrogen-bond donors (Lipinski definition) is 2. The fourth-order valence-electron chi connectivity index (χ4n) is 1.63. The highest BCUT2D eigenvalue weighted by Gasteiger charge is 2.15. The van der Waals surface area contributed by atoms with Crippen LogP contribution in [0.3, 0.4) is 0 Å². The van der Waals surface area contributed by atoms with Gasteiger partial charge < -0.3 is 10.3 Å². The molecule has 0 fully saturated rings. The number of nitrogens with zero attached hydrogens (tertiary/aromatic N) is 2. The van der Waals surface area contributed by atoms with Crippen molar-refractivity contribution in [3.05, 3.63) is 57.9 Å². The number of benzene rings is 1. The van der Waals surface area contributed by atoms with Gasteiger partial charge in [-0.2, -0.15) is 0 Å². The molecule has 0 saturated heterocycles. The van der Waals surface area contributed by atoms with E-state index in [0.717, 1.165) is 18.2 Å². The molecule has 8 heteroatoms. The Morgan fingerprint density at radius 1 is 1.50 bits per heavy atom. The third-order valence-electron chi connectivity index (χ3n) is 2.61. The maximum atomic E-state index is 13.6. The van der Waals surface area contributed by atoms with Crippen molar-refractivity contribution in [1.29, 1.82) is 0 Å². The molecule has 0 atom stereocenters. The number of H-pyrrole nitrogens is 1. The summed E-state index contributed by atoms with van der Waals surface area (Å²) in [7, 11) is 0. The zero-order valence-corrected chi connectivity index (χ0v) is 10.3. The van der Waals surface area contributed by atoms with E-state index >= 15 is 0 Å². The molecule has 0 aliphatic heterocycles. The van der Waals surface area contributed by atoms with Gasteiger partial charge in [-0.05, 0) is 6.07 Å². The molecular weight excluding hydrogens is 267 g/mol. The van der Waals surface area contributed by atoms with Crippen LogP contribution in [0.15, 0.2) is 30.6 Å². The molecule has 1 heterocycles. The van der Waals surface area contributed by atoms with Crippen LogP contribution in [0.1, 0.15) is 16.2 Å². The van der Waals surface area contributed by atoms with E-state index in [4.69, 9.17) is 0 Å². The summed E-state index contributed by atoms with van der Waals surface area (Å²) in [4.78, 5) is 28.3. The molecule has 2 rings (SSSR count). The maximum absolute atomic E-state index is 13.6. The van der Waals surface area contributed by atoms with Gasteiger partial charge in [0.2, 0.25) is 0 Å². The van der Waals surface area contributed by atoms with Crippen LogP contribution in [-0.4, -0.2) is 27.3 Å². The van der Waals surface area contributed by atoms with Crippen LogP contribution in [0.25, 0.3) is 0 Å². The Bertz CT molecular complexity index is 628. The molecule has 7 nitrogen and oxygen atoms in total. The van der Waals surface area contributed by atoms with Crippen molar-refractivity contribution in [2.45, 2.75) is 6.42 Å². The molecule has 0 spiro atoms. The molecule has 0 saturated carbocycles. The number of imidazole rings is 1.